The number of benzene rings is 2. The molecule has 4 rings (SSSR count). The summed E-state index contributed by atoms with van der Waals surface area (Å²) in [6.07, 6.45) is 2.82. The van der Waals surface area contributed by atoms with Gasteiger partial charge >= 0.3 is 0 Å². The van der Waals surface area contributed by atoms with Crippen molar-refractivity contribution in [2.45, 2.75) is 31.6 Å². The SMILES string of the molecule is O=C(NCCCSCc1ccccc1Cl)C1CCCN(Cc2nc(-c3ccc(Cl)cc3)no2)C1. The molecule has 1 amide bonds. The van der Waals surface area contributed by atoms with E-state index in [-0.39, 0.29) is 11.8 Å². The number of rotatable bonds is 10. The molecule has 1 aromatic heterocycles. The molecule has 1 unspecified atom stereocenters. The second-order valence-electron chi connectivity index (χ2n) is 8.38. The van der Waals surface area contributed by atoms with Crippen molar-refractivity contribution in [2.24, 2.45) is 5.92 Å². The van der Waals surface area contributed by atoms with Crippen molar-refractivity contribution in [2.75, 3.05) is 25.4 Å². The Kier molecular flexibility index (Phi) is 9.27. The minimum absolute atomic E-state index is 0.0109. The number of aromatic nitrogens is 2. The van der Waals surface area contributed by atoms with Crippen LogP contribution in [-0.4, -0.2) is 46.3 Å². The number of thioether (sulfide) groups is 1. The van der Waals surface area contributed by atoms with Crippen LogP contribution in [0.2, 0.25) is 10.0 Å². The highest BCUT2D eigenvalue weighted by molar-refractivity contribution is 7.98. The average Bonchev–Trinajstić information content (AvgIpc) is 3.31. The molecule has 6 nitrogen and oxygen atoms in total. The maximum atomic E-state index is 12.7. The Morgan fingerprint density at radius 1 is 1.18 bits per heavy atom. The highest BCUT2D eigenvalue weighted by Gasteiger charge is 2.26. The van der Waals surface area contributed by atoms with E-state index < -0.39 is 0 Å². The van der Waals surface area contributed by atoms with Crippen LogP contribution >= 0.6 is 35.0 Å². The molecule has 0 saturated carbocycles. The summed E-state index contributed by atoms with van der Waals surface area (Å²) in [5.41, 5.74) is 2.02. The lowest BCUT2D eigenvalue weighted by atomic mass is 9.97. The first-order valence-corrected chi connectivity index (χ1v) is 13.4. The summed E-state index contributed by atoms with van der Waals surface area (Å²) >= 11 is 14.0. The van der Waals surface area contributed by atoms with E-state index in [2.05, 4.69) is 26.4 Å². The van der Waals surface area contributed by atoms with E-state index in [1.807, 2.05) is 42.1 Å². The third kappa shape index (κ3) is 7.22. The first-order chi connectivity index (χ1) is 16.6. The molecule has 0 bridgehead atoms. The second kappa shape index (κ2) is 12.6. The zero-order valence-corrected chi connectivity index (χ0v) is 21.2. The number of carbonyl (C=O) groups excluding carboxylic acids is 1. The van der Waals surface area contributed by atoms with Gasteiger partial charge in [-0.1, -0.05) is 46.6 Å². The highest BCUT2D eigenvalue weighted by Crippen LogP contribution is 2.23. The molecule has 1 aliphatic rings. The number of hydrogen-bond donors (Lipinski definition) is 1. The van der Waals surface area contributed by atoms with Crippen LogP contribution in [0.4, 0.5) is 0 Å². The lowest BCUT2D eigenvalue weighted by Crippen LogP contribution is -2.43. The number of nitrogens with one attached hydrogen (secondary N) is 1. The minimum Gasteiger partial charge on any atom is -0.356 e. The molecule has 180 valence electrons. The fourth-order valence-electron chi connectivity index (χ4n) is 3.97. The van der Waals surface area contributed by atoms with Crippen LogP contribution in [0.5, 0.6) is 0 Å². The molecule has 1 atom stereocenters. The highest BCUT2D eigenvalue weighted by atomic mass is 35.5. The number of amides is 1. The quantitative estimate of drug-likeness (QED) is 0.347. The molecule has 1 saturated heterocycles. The average molecular weight is 519 g/mol. The Morgan fingerprint density at radius 2 is 2.00 bits per heavy atom. The van der Waals surface area contributed by atoms with Gasteiger partial charge in [0.1, 0.15) is 0 Å². The zero-order valence-electron chi connectivity index (χ0n) is 18.9. The Morgan fingerprint density at radius 3 is 2.82 bits per heavy atom. The van der Waals surface area contributed by atoms with Crippen LogP contribution in [0.25, 0.3) is 11.4 Å². The van der Waals surface area contributed by atoms with Gasteiger partial charge in [-0.25, -0.2) is 0 Å². The van der Waals surface area contributed by atoms with E-state index >= 15 is 0 Å². The van der Waals surface area contributed by atoms with Gasteiger partial charge in [-0.3, -0.25) is 9.69 Å². The van der Waals surface area contributed by atoms with Crippen LogP contribution in [0.15, 0.2) is 53.1 Å². The third-order valence-corrected chi connectivity index (χ3v) is 7.50. The first-order valence-electron chi connectivity index (χ1n) is 11.5. The number of hydrogen-bond acceptors (Lipinski definition) is 6. The number of nitrogens with zero attached hydrogens (tertiary/aromatic N) is 3. The van der Waals surface area contributed by atoms with Crippen LogP contribution in [0.3, 0.4) is 0 Å². The van der Waals surface area contributed by atoms with Gasteiger partial charge in [-0.15, -0.1) is 0 Å². The summed E-state index contributed by atoms with van der Waals surface area (Å²) in [5, 5.41) is 8.67. The molecular weight excluding hydrogens is 491 g/mol. The fraction of sp³-hybridized carbons (Fsp3) is 0.400. The topological polar surface area (TPSA) is 71.3 Å². The largest absolute Gasteiger partial charge is 0.356 e. The van der Waals surface area contributed by atoms with Gasteiger partial charge in [0.25, 0.3) is 0 Å². The van der Waals surface area contributed by atoms with Crippen LogP contribution < -0.4 is 5.32 Å². The van der Waals surface area contributed by atoms with Gasteiger partial charge in [0.15, 0.2) is 0 Å². The fourth-order valence-corrected chi connectivity index (χ4v) is 5.34. The summed E-state index contributed by atoms with van der Waals surface area (Å²) in [6.45, 7) is 2.86. The molecule has 0 spiro atoms. The van der Waals surface area contributed by atoms with Crippen molar-refractivity contribution in [3.8, 4) is 11.4 Å². The van der Waals surface area contributed by atoms with Crippen molar-refractivity contribution in [3.05, 3.63) is 70.0 Å². The Bertz CT molecular complexity index is 1080. The van der Waals surface area contributed by atoms with Crippen molar-refractivity contribution < 1.29 is 9.32 Å². The van der Waals surface area contributed by atoms with Gasteiger partial charge in [-0.2, -0.15) is 16.7 Å². The zero-order chi connectivity index (χ0) is 23.8. The first kappa shape index (κ1) is 25.0. The maximum absolute atomic E-state index is 12.7. The van der Waals surface area contributed by atoms with Gasteiger partial charge in [0.2, 0.25) is 17.6 Å². The minimum atomic E-state index is -0.0109. The van der Waals surface area contributed by atoms with Crippen molar-refractivity contribution in [1.29, 1.82) is 0 Å². The Labute approximate surface area is 214 Å². The molecule has 3 aromatic rings. The standard InChI is InChI=1S/C25H28Cl2N4O2S/c26-21-10-8-18(9-11-21)24-29-23(33-30-24)16-31-13-3-6-19(15-31)25(32)28-12-4-14-34-17-20-5-1-2-7-22(20)27/h1-2,5,7-11,19H,3-4,6,12-17H2,(H,28,32). The monoisotopic (exact) mass is 518 g/mol. The number of likely N-dealkylation sites (tertiary alicyclic amines) is 1. The smallest absolute Gasteiger partial charge is 0.241 e. The van der Waals surface area contributed by atoms with Gasteiger partial charge in [0, 0.05) is 34.5 Å². The van der Waals surface area contributed by atoms with Crippen LogP contribution in [0, 0.1) is 5.92 Å². The molecule has 0 radical (unpaired) electrons. The van der Waals surface area contributed by atoms with E-state index in [1.165, 1.54) is 0 Å². The van der Waals surface area contributed by atoms with Crippen molar-refractivity contribution >= 4 is 40.9 Å². The molecular formula is C25H28Cl2N4O2S. The van der Waals surface area contributed by atoms with Crippen LogP contribution in [0.1, 0.15) is 30.7 Å². The number of piperidine rings is 1. The van der Waals surface area contributed by atoms with E-state index in [0.29, 0.717) is 36.4 Å². The van der Waals surface area contributed by atoms with Gasteiger partial charge in [0.05, 0.1) is 12.5 Å². The summed E-state index contributed by atoms with van der Waals surface area (Å²) in [5.74, 6) is 3.10. The van der Waals surface area contributed by atoms with Gasteiger partial charge < -0.3 is 9.84 Å². The summed E-state index contributed by atoms with van der Waals surface area (Å²) in [7, 11) is 0. The normalized spacial score (nSPS) is 16.5. The molecule has 2 aromatic carbocycles. The Hall–Kier alpha value is -2.06. The molecule has 2 heterocycles. The van der Waals surface area contributed by atoms with E-state index in [0.717, 1.165) is 53.5 Å². The summed E-state index contributed by atoms with van der Waals surface area (Å²) < 4.78 is 5.44. The second-order valence-corrected chi connectivity index (χ2v) is 10.3. The molecule has 1 fully saturated rings. The molecule has 1 aliphatic heterocycles. The van der Waals surface area contributed by atoms with E-state index in [9.17, 15) is 4.79 Å². The molecule has 9 heteroatoms. The summed E-state index contributed by atoms with van der Waals surface area (Å²) in [4.78, 5) is 19.4. The van der Waals surface area contributed by atoms with Gasteiger partial charge in [-0.05, 0) is 67.5 Å². The Balaban J connectivity index is 1.17. The third-order valence-electron chi connectivity index (χ3n) is 5.79. The predicted molar refractivity (Wildman–Crippen MR) is 138 cm³/mol. The lowest BCUT2D eigenvalue weighted by Gasteiger charge is -2.30. The molecule has 34 heavy (non-hydrogen) atoms. The number of halogens is 2. The van der Waals surface area contributed by atoms with Crippen molar-refractivity contribution in [3.63, 3.8) is 0 Å². The van der Waals surface area contributed by atoms with Crippen LogP contribution in [-0.2, 0) is 17.1 Å². The van der Waals surface area contributed by atoms with Crippen molar-refractivity contribution in [1.82, 2.24) is 20.4 Å². The van der Waals surface area contributed by atoms with E-state index in [4.69, 9.17) is 27.7 Å². The number of carbonyl (C=O) groups is 1. The maximum Gasteiger partial charge on any atom is 0.241 e. The van der Waals surface area contributed by atoms with E-state index in [1.54, 1.807) is 12.1 Å². The lowest BCUT2D eigenvalue weighted by molar-refractivity contribution is -0.126. The predicted octanol–water partition coefficient (Wildman–Crippen LogP) is 5.70. The summed E-state index contributed by atoms with van der Waals surface area (Å²) in [6, 6.07) is 15.3. The molecule has 0 aliphatic carbocycles. The molecule has 1 N–H and O–H groups in total.